The Morgan fingerprint density at radius 2 is 1.35 bits per heavy atom. The number of carbonyl (C=O) groups is 7. The van der Waals surface area contributed by atoms with Crippen LogP contribution in [0.1, 0.15) is 123 Å². The summed E-state index contributed by atoms with van der Waals surface area (Å²) in [7, 11) is 1.39. The van der Waals surface area contributed by atoms with Gasteiger partial charge in [0.2, 0.25) is 11.8 Å². The van der Waals surface area contributed by atoms with E-state index in [0.717, 1.165) is 48.9 Å². The van der Waals surface area contributed by atoms with Crippen LogP contribution in [0, 0.1) is 5.92 Å². The van der Waals surface area contributed by atoms with Gasteiger partial charge in [-0.15, -0.1) is 68.0 Å². The number of hydrogen-bond acceptors (Lipinski definition) is 24. The van der Waals surface area contributed by atoms with Crippen molar-refractivity contribution in [2.75, 3.05) is 52.9 Å². The van der Waals surface area contributed by atoms with Gasteiger partial charge in [-0.3, -0.25) is 38.5 Å². The fraction of sp³-hybridized carbons (Fsp3) is 0.418. The van der Waals surface area contributed by atoms with E-state index in [0.29, 0.717) is 104 Å². The van der Waals surface area contributed by atoms with Crippen molar-refractivity contribution in [3.63, 3.8) is 0 Å². The number of rotatable bonds is 26. The standard InChI is InChI=1S/C55H63N15O9S6/c1-7-31(45(74)61-32(8-2)50-63-35(23-82-50)44(56)73)60-46(75)37-25-81-49(64-37)30-9-10-33(59-43(30)34-22-85-53(62-34)42(29(5)71)67-47(76)36-24-80-40(58-36)21-28(3)4)51-66-39(27-84-51)52-65-38(26-83-52)48(77)68-55(12-13-55)54(78)57-14-16-70-19-17-69(18-20-70)15-11-41(72)79-6/h8-10,22-29,31,42,71H,7,11-21H2,1-6H3,(H2,56,73)(H,57,78)(H,60,75)(H,61,74)(H,67,76)(H,68,77)/b32-8-/t29-,31+,42+/m1/s1. The van der Waals surface area contributed by atoms with Crippen LogP contribution in [-0.2, 0) is 25.5 Å². The van der Waals surface area contributed by atoms with E-state index in [1.165, 1.54) is 69.2 Å². The fourth-order valence-corrected chi connectivity index (χ4v) is 14.1. The first-order valence-electron chi connectivity index (χ1n) is 27.3. The lowest BCUT2D eigenvalue weighted by atomic mass is 10.1. The molecule has 0 spiro atoms. The van der Waals surface area contributed by atoms with E-state index in [1.54, 1.807) is 60.5 Å². The number of piperazine rings is 1. The molecule has 7 aromatic heterocycles. The normalized spacial score (nSPS) is 15.4. The third-order valence-electron chi connectivity index (χ3n) is 13.8. The average Bonchev–Trinajstić information content (AvgIpc) is 2.75. The molecule has 0 bridgehead atoms. The maximum Gasteiger partial charge on any atom is 0.306 e. The number of esters is 1. The van der Waals surface area contributed by atoms with Crippen LogP contribution in [-0.4, -0.2) is 162 Å². The number of amides is 6. The van der Waals surface area contributed by atoms with Gasteiger partial charge in [0, 0.05) is 90.1 Å². The molecule has 0 radical (unpaired) electrons. The highest BCUT2D eigenvalue weighted by atomic mass is 32.1. The molecule has 0 unspecified atom stereocenters. The number of thiazole rings is 6. The Hall–Kier alpha value is -7.16. The van der Waals surface area contributed by atoms with Crippen molar-refractivity contribution in [1.29, 1.82) is 0 Å². The number of primary amides is 1. The van der Waals surface area contributed by atoms with E-state index in [-0.39, 0.29) is 41.1 Å². The minimum atomic E-state index is -1.06. The van der Waals surface area contributed by atoms with Gasteiger partial charge in [0.15, 0.2) is 0 Å². The summed E-state index contributed by atoms with van der Waals surface area (Å²) in [6.45, 7) is 14.2. The number of aromatic nitrogens is 7. The third kappa shape index (κ3) is 15.5. The van der Waals surface area contributed by atoms with E-state index >= 15 is 0 Å². The molecule has 1 aliphatic heterocycles. The number of ether oxygens (including phenoxy) is 1. The van der Waals surface area contributed by atoms with E-state index in [9.17, 15) is 38.7 Å². The van der Waals surface area contributed by atoms with Gasteiger partial charge in [-0.25, -0.2) is 34.9 Å². The zero-order valence-electron chi connectivity index (χ0n) is 47.3. The molecule has 7 aromatic rings. The number of hydrogen-bond donors (Lipinski definition) is 7. The van der Waals surface area contributed by atoms with Crippen LogP contribution in [0.2, 0.25) is 0 Å². The summed E-state index contributed by atoms with van der Waals surface area (Å²) in [4.78, 5) is 129. The minimum absolute atomic E-state index is 0.0390. The first-order valence-corrected chi connectivity index (χ1v) is 32.6. The highest BCUT2D eigenvalue weighted by molar-refractivity contribution is 7.15. The zero-order chi connectivity index (χ0) is 60.5. The molecule has 2 fully saturated rings. The molecule has 0 aromatic carbocycles. The number of pyridine rings is 1. The van der Waals surface area contributed by atoms with Gasteiger partial charge < -0.3 is 47.1 Å². The van der Waals surface area contributed by atoms with E-state index in [1.807, 2.05) is 5.38 Å². The molecule has 1 saturated heterocycles. The van der Waals surface area contributed by atoms with E-state index < -0.39 is 53.3 Å². The molecule has 1 aliphatic carbocycles. The topological polar surface area (TPSA) is 332 Å². The van der Waals surface area contributed by atoms with Gasteiger partial charge in [0.05, 0.1) is 36.0 Å². The number of nitrogens with zero attached hydrogens (tertiary/aromatic N) is 9. The monoisotopic (exact) mass is 1270 g/mol. The number of nitrogens with one attached hydrogen (secondary N) is 5. The Morgan fingerprint density at radius 1 is 0.718 bits per heavy atom. The average molecular weight is 1270 g/mol. The number of aliphatic hydroxyl groups is 1. The molecule has 8 N–H and O–H groups in total. The smallest absolute Gasteiger partial charge is 0.306 e. The summed E-state index contributed by atoms with van der Waals surface area (Å²) in [6.07, 6.45) is 2.89. The SMILES string of the molecule is C/C=C(\NC(=O)[C@H](CC)NC(=O)c1csc(-c2ccc(-c3nc(-c4nc(C(=O)NC5(C(=O)NCCN6CCN(CCC(=O)OC)CC6)CC5)cs4)cs3)nc2-c2csc([C@@H](NC(=O)c3csc(CC(C)C)n3)[C@@H](C)O)n2)n1)c1nc(C(N)=O)cs1. The molecule has 1 saturated carbocycles. The first-order chi connectivity index (χ1) is 40.8. The third-order valence-corrected chi connectivity index (χ3v) is 19.1. The first kappa shape index (κ1) is 62.4. The number of aliphatic hydroxyl groups excluding tert-OH is 1. The summed E-state index contributed by atoms with van der Waals surface area (Å²) in [6, 6.07) is 1.66. The van der Waals surface area contributed by atoms with Crippen LogP contribution in [0.5, 0.6) is 0 Å². The Balaban J connectivity index is 0.905. The quantitative estimate of drug-likeness (QED) is 0.0311. The van der Waals surface area contributed by atoms with Crippen LogP contribution in [0.4, 0.5) is 0 Å². The van der Waals surface area contributed by atoms with Crippen molar-refractivity contribution in [3.8, 4) is 43.4 Å². The Labute approximate surface area is 513 Å². The van der Waals surface area contributed by atoms with Crippen LogP contribution in [0.3, 0.4) is 0 Å². The Kier molecular flexibility index (Phi) is 20.5. The molecule has 9 rings (SSSR count). The largest absolute Gasteiger partial charge is 0.469 e. The lowest BCUT2D eigenvalue weighted by Gasteiger charge is -2.34. The molecule has 6 amide bonds. The van der Waals surface area contributed by atoms with Gasteiger partial charge in [-0.1, -0.05) is 26.8 Å². The van der Waals surface area contributed by atoms with E-state index in [2.05, 4.69) is 65.2 Å². The second-order valence-electron chi connectivity index (χ2n) is 20.5. The summed E-state index contributed by atoms with van der Waals surface area (Å²) >= 11 is 7.46. The number of methoxy groups -OCH3 is 1. The molecule has 24 nitrogen and oxygen atoms in total. The van der Waals surface area contributed by atoms with Crippen molar-refractivity contribution in [2.24, 2.45) is 11.7 Å². The lowest BCUT2D eigenvalue weighted by Crippen LogP contribution is -2.52. The molecule has 8 heterocycles. The summed E-state index contributed by atoms with van der Waals surface area (Å²) in [5.41, 5.74) is 7.41. The Bertz CT molecular complexity index is 3610. The van der Waals surface area contributed by atoms with Gasteiger partial charge in [0.1, 0.15) is 82.5 Å². The maximum atomic E-state index is 13.8. The molecule has 30 heteroatoms. The highest BCUT2D eigenvalue weighted by Gasteiger charge is 2.51. The molecular formula is C55H63N15O9S6. The number of allylic oxidation sites excluding steroid dienone is 1. The highest BCUT2D eigenvalue weighted by Crippen LogP contribution is 2.39. The minimum Gasteiger partial charge on any atom is -0.469 e. The van der Waals surface area contributed by atoms with Gasteiger partial charge in [0.25, 0.3) is 23.6 Å². The van der Waals surface area contributed by atoms with Gasteiger partial charge >= 0.3 is 5.97 Å². The van der Waals surface area contributed by atoms with Gasteiger partial charge in [-0.05, 0) is 51.2 Å². The zero-order valence-corrected chi connectivity index (χ0v) is 52.2. The van der Waals surface area contributed by atoms with Crippen LogP contribution < -0.4 is 32.3 Å². The second-order valence-corrected chi connectivity index (χ2v) is 25.8. The number of nitrogens with two attached hydrogens (primary N) is 1. The fourth-order valence-electron chi connectivity index (χ4n) is 8.90. The molecule has 2 aliphatic rings. The maximum absolute atomic E-state index is 13.8. The summed E-state index contributed by atoms with van der Waals surface area (Å²) < 4.78 is 4.76. The van der Waals surface area contributed by atoms with Crippen molar-refractivity contribution < 1.29 is 43.4 Å². The van der Waals surface area contributed by atoms with Gasteiger partial charge in [-0.2, -0.15) is 0 Å². The molecule has 3 atom stereocenters. The van der Waals surface area contributed by atoms with Crippen molar-refractivity contribution in [1.82, 2.24) is 71.3 Å². The molecular weight excluding hydrogens is 1210 g/mol. The lowest BCUT2D eigenvalue weighted by molar-refractivity contribution is -0.141. The van der Waals surface area contributed by atoms with Crippen molar-refractivity contribution in [2.45, 2.75) is 90.4 Å². The summed E-state index contributed by atoms with van der Waals surface area (Å²) in [5, 5.41) is 38.4. The van der Waals surface area contributed by atoms with Crippen molar-refractivity contribution in [3.05, 3.63) is 88.3 Å². The predicted molar refractivity (Wildman–Crippen MR) is 327 cm³/mol. The molecule has 85 heavy (non-hydrogen) atoms. The number of carbonyl (C=O) groups excluding carboxylic acids is 7. The Morgan fingerprint density at radius 3 is 2.02 bits per heavy atom. The van der Waals surface area contributed by atoms with Crippen LogP contribution in [0.15, 0.2) is 50.5 Å². The predicted octanol–water partition coefficient (Wildman–Crippen LogP) is 5.88. The second kappa shape index (κ2) is 27.9. The summed E-state index contributed by atoms with van der Waals surface area (Å²) in [5.74, 6) is -2.86. The van der Waals surface area contributed by atoms with E-state index in [4.69, 9.17) is 30.4 Å². The van der Waals surface area contributed by atoms with Crippen LogP contribution in [0.25, 0.3) is 49.1 Å². The van der Waals surface area contributed by atoms with Crippen molar-refractivity contribution >= 4 is 115 Å². The molecule has 448 valence electrons. The van der Waals surface area contributed by atoms with Crippen LogP contribution >= 0.6 is 68.0 Å².